The first-order valence-corrected chi connectivity index (χ1v) is 4.47. The molecule has 0 atom stereocenters. The second-order valence-electron chi connectivity index (χ2n) is 3.24. The van der Waals surface area contributed by atoms with Gasteiger partial charge < -0.3 is 10.2 Å². The third kappa shape index (κ3) is 3.04. The molecule has 0 bridgehead atoms. The Morgan fingerprint density at radius 2 is 2.36 bits per heavy atom. The first-order chi connectivity index (χ1) is 6.74. The molecule has 0 aliphatic heterocycles. The average molecular weight is 190 g/mol. The SMILES string of the molecule is CN(C)CCNc1ncccc1C#N. The summed E-state index contributed by atoms with van der Waals surface area (Å²) in [6, 6.07) is 5.61. The van der Waals surface area contributed by atoms with Gasteiger partial charge in [-0.3, -0.25) is 0 Å². The van der Waals surface area contributed by atoms with Crippen molar-refractivity contribution in [1.82, 2.24) is 9.88 Å². The van der Waals surface area contributed by atoms with Gasteiger partial charge in [-0.05, 0) is 26.2 Å². The molecule has 1 N–H and O–H groups in total. The zero-order chi connectivity index (χ0) is 10.4. The van der Waals surface area contributed by atoms with Gasteiger partial charge in [-0.15, -0.1) is 0 Å². The lowest BCUT2D eigenvalue weighted by molar-refractivity contribution is 0.425. The zero-order valence-electron chi connectivity index (χ0n) is 8.49. The van der Waals surface area contributed by atoms with Crippen LogP contribution in [0.15, 0.2) is 18.3 Å². The van der Waals surface area contributed by atoms with Crippen LogP contribution in [0.2, 0.25) is 0 Å². The highest BCUT2D eigenvalue weighted by molar-refractivity contribution is 5.51. The summed E-state index contributed by atoms with van der Waals surface area (Å²) in [5, 5.41) is 11.9. The summed E-state index contributed by atoms with van der Waals surface area (Å²) in [5.74, 6) is 0.664. The van der Waals surface area contributed by atoms with Gasteiger partial charge in [-0.2, -0.15) is 5.26 Å². The lowest BCUT2D eigenvalue weighted by atomic mass is 10.3. The van der Waals surface area contributed by atoms with E-state index in [0.717, 1.165) is 13.1 Å². The van der Waals surface area contributed by atoms with Crippen LogP contribution in [0.5, 0.6) is 0 Å². The lowest BCUT2D eigenvalue weighted by Gasteiger charge is -2.11. The van der Waals surface area contributed by atoms with Crippen LogP contribution >= 0.6 is 0 Å². The van der Waals surface area contributed by atoms with E-state index in [1.54, 1.807) is 18.3 Å². The average Bonchev–Trinajstić information content (AvgIpc) is 2.18. The van der Waals surface area contributed by atoms with Gasteiger partial charge in [0.1, 0.15) is 11.9 Å². The molecule has 74 valence electrons. The molecule has 0 unspecified atom stereocenters. The van der Waals surface area contributed by atoms with E-state index >= 15 is 0 Å². The van der Waals surface area contributed by atoms with Crippen molar-refractivity contribution in [2.75, 3.05) is 32.5 Å². The molecule has 0 amide bonds. The maximum atomic E-state index is 8.79. The number of likely N-dealkylation sites (N-methyl/N-ethyl adjacent to an activating group) is 1. The Kier molecular flexibility index (Phi) is 3.89. The number of rotatable bonds is 4. The monoisotopic (exact) mass is 190 g/mol. The van der Waals surface area contributed by atoms with Crippen LogP contribution in [0, 0.1) is 11.3 Å². The van der Waals surface area contributed by atoms with Crippen LogP contribution in [-0.2, 0) is 0 Å². The quantitative estimate of drug-likeness (QED) is 0.767. The number of pyridine rings is 1. The smallest absolute Gasteiger partial charge is 0.143 e. The van der Waals surface area contributed by atoms with Crippen LogP contribution in [0.25, 0.3) is 0 Å². The molecule has 0 radical (unpaired) electrons. The molecular weight excluding hydrogens is 176 g/mol. The fourth-order valence-electron chi connectivity index (χ4n) is 1.03. The van der Waals surface area contributed by atoms with Crippen LogP contribution in [-0.4, -0.2) is 37.1 Å². The van der Waals surface area contributed by atoms with Crippen molar-refractivity contribution in [3.63, 3.8) is 0 Å². The van der Waals surface area contributed by atoms with E-state index in [1.165, 1.54) is 0 Å². The molecule has 4 nitrogen and oxygen atoms in total. The van der Waals surface area contributed by atoms with Gasteiger partial charge in [-0.1, -0.05) is 0 Å². The van der Waals surface area contributed by atoms with Crippen LogP contribution in [0.1, 0.15) is 5.56 Å². The maximum Gasteiger partial charge on any atom is 0.143 e. The molecule has 0 fully saturated rings. The largest absolute Gasteiger partial charge is 0.368 e. The van der Waals surface area contributed by atoms with Gasteiger partial charge in [0.05, 0.1) is 5.56 Å². The standard InChI is InChI=1S/C10H14N4/c1-14(2)7-6-13-10-9(8-11)4-3-5-12-10/h3-5H,6-7H2,1-2H3,(H,12,13). The number of nitrogens with zero attached hydrogens (tertiary/aromatic N) is 3. The highest BCUT2D eigenvalue weighted by atomic mass is 15.1. The van der Waals surface area contributed by atoms with E-state index in [4.69, 9.17) is 5.26 Å². The van der Waals surface area contributed by atoms with Crippen LogP contribution < -0.4 is 5.32 Å². The fourth-order valence-corrected chi connectivity index (χ4v) is 1.03. The third-order valence-electron chi connectivity index (χ3n) is 1.78. The number of hydrogen-bond acceptors (Lipinski definition) is 4. The molecule has 0 saturated carbocycles. The molecule has 1 aromatic heterocycles. The number of nitrogens with one attached hydrogen (secondary N) is 1. The van der Waals surface area contributed by atoms with Crippen LogP contribution in [0.3, 0.4) is 0 Å². The Bertz CT molecular complexity index is 327. The molecule has 0 aliphatic rings. The minimum Gasteiger partial charge on any atom is -0.368 e. The minimum absolute atomic E-state index is 0.589. The van der Waals surface area contributed by atoms with Crippen molar-refractivity contribution in [2.24, 2.45) is 0 Å². The maximum absolute atomic E-state index is 8.79. The summed E-state index contributed by atoms with van der Waals surface area (Å²) in [6.45, 7) is 1.71. The summed E-state index contributed by atoms with van der Waals surface area (Å²) >= 11 is 0. The van der Waals surface area contributed by atoms with Crippen molar-refractivity contribution in [3.05, 3.63) is 23.9 Å². The molecular formula is C10H14N4. The Labute approximate surface area is 84.2 Å². The number of nitriles is 1. The minimum atomic E-state index is 0.589. The number of aromatic nitrogens is 1. The van der Waals surface area contributed by atoms with Crippen molar-refractivity contribution < 1.29 is 0 Å². The molecule has 0 saturated heterocycles. The second kappa shape index (κ2) is 5.20. The van der Waals surface area contributed by atoms with E-state index in [1.807, 2.05) is 14.1 Å². The number of hydrogen-bond donors (Lipinski definition) is 1. The molecule has 0 spiro atoms. The van der Waals surface area contributed by atoms with Crippen LogP contribution in [0.4, 0.5) is 5.82 Å². The first-order valence-electron chi connectivity index (χ1n) is 4.47. The zero-order valence-corrected chi connectivity index (χ0v) is 8.49. The molecule has 1 heterocycles. The third-order valence-corrected chi connectivity index (χ3v) is 1.78. The summed E-state index contributed by atoms with van der Waals surface area (Å²) in [7, 11) is 4.01. The van der Waals surface area contributed by atoms with E-state index < -0.39 is 0 Å². The molecule has 0 aromatic carbocycles. The van der Waals surface area contributed by atoms with Crippen molar-refractivity contribution in [2.45, 2.75) is 0 Å². The Morgan fingerprint density at radius 3 is 3.00 bits per heavy atom. The summed E-state index contributed by atoms with van der Waals surface area (Å²) < 4.78 is 0. The highest BCUT2D eigenvalue weighted by Gasteiger charge is 2.00. The summed E-state index contributed by atoms with van der Waals surface area (Å²) in [5.41, 5.74) is 0.589. The first kappa shape index (κ1) is 10.5. The summed E-state index contributed by atoms with van der Waals surface area (Å²) in [6.07, 6.45) is 1.68. The predicted octanol–water partition coefficient (Wildman–Crippen LogP) is 0.927. The van der Waals surface area contributed by atoms with Gasteiger partial charge in [0.25, 0.3) is 0 Å². The molecule has 1 rings (SSSR count). The normalized spacial score (nSPS) is 9.86. The van der Waals surface area contributed by atoms with Gasteiger partial charge in [0.2, 0.25) is 0 Å². The Morgan fingerprint density at radius 1 is 1.57 bits per heavy atom. The van der Waals surface area contributed by atoms with Gasteiger partial charge in [0, 0.05) is 19.3 Å². The molecule has 1 aromatic rings. The highest BCUT2D eigenvalue weighted by Crippen LogP contribution is 2.08. The van der Waals surface area contributed by atoms with Gasteiger partial charge in [-0.25, -0.2) is 4.98 Å². The van der Waals surface area contributed by atoms with Crippen molar-refractivity contribution in [1.29, 1.82) is 5.26 Å². The fraction of sp³-hybridized carbons (Fsp3) is 0.400. The molecule has 14 heavy (non-hydrogen) atoms. The van der Waals surface area contributed by atoms with Gasteiger partial charge in [0.15, 0.2) is 0 Å². The Hall–Kier alpha value is -1.60. The van der Waals surface area contributed by atoms with E-state index in [0.29, 0.717) is 11.4 Å². The van der Waals surface area contributed by atoms with E-state index in [9.17, 15) is 0 Å². The molecule has 4 heteroatoms. The summed E-state index contributed by atoms with van der Waals surface area (Å²) in [4.78, 5) is 6.17. The van der Waals surface area contributed by atoms with E-state index in [-0.39, 0.29) is 0 Å². The van der Waals surface area contributed by atoms with Crippen molar-refractivity contribution >= 4 is 5.82 Å². The predicted molar refractivity (Wildman–Crippen MR) is 56.0 cm³/mol. The van der Waals surface area contributed by atoms with Crippen molar-refractivity contribution in [3.8, 4) is 6.07 Å². The topological polar surface area (TPSA) is 52.0 Å². The lowest BCUT2D eigenvalue weighted by Crippen LogP contribution is -2.21. The Balaban J connectivity index is 2.54. The van der Waals surface area contributed by atoms with Gasteiger partial charge >= 0.3 is 0 Å². The van der Waals surface area contributed by atoms with E-state index in [2.05, 4.69) is 21.3 Å². The molecule has 0 aliphatic carbocycles. The second-order valence-corrected chi connectivity index (χ2v) is 3.24. The number of anilines is 1.